The maximum absolute atomic E-state index is 12.9. The summed E-state index contributed by atoms with van der Waals surface area (Å²) in [5.41, 5.74) is 1.19. The van der Waals surface area contributed by atoms with Gasteiger partial charge in [0.2, 0.25) is 0 Å². The molecule has 0 saturated carbocycles. The van der Waals surface area contributed by atoms with Gasteiger partial charge in [-0.3, -0.25) is 0 Å². The van der Waals surface area contributed by atoms with Crippen molar-refractivity contribution in [3.63, 3.8) is 0 Å². The summed E-state index contributed by atoms with van der Waals surface area (Å²) in [6, 6.07) is 11.7. The lowest BCUT2D eigenvalue weighted by atomic mass is 9.99. The zero-order valence-electron chi connectivity index (χ0n) is 12.1. The zero-order valence-corrected chi connectivity index (χ0v) is 12.1. The topological polar surface area (TPSA) is 53.4 Å². The van der Waals surface area contributed by atoms with E-state index in [4.69, 9.17) is 5.11 Å². The molecule has 0 bridgehead atoms. The first kappa shape index (κ1) is 14.5. The van der Waals surface area contributed by atoms with Crippen LogP contribution in [0.25, 0.3) is 0 Å². The van der Waals surface area contributed by atoms with Gasteiger partial charge in [-0.2, -0.15) is 0 Å². The summed E-state index contributed by atoms with van der Waals surface area (Å²) >= 11 is 0. The monoisotopic (exact) mass is 300 g/mol. The van der Waals surface area contributed by atoms with Crippen molar-refractivity contribution in [2.24, 2.45) is 5.92 Å². The van der Waals surface area contributed by atoms with Crippen LogP contribution in [0.1, 0.15) is 22.5 Å². The van der Waals surface area contributed by atoms with Crippen LogP contribution in [0.15, 0.2) is 42.5 Å². The Morgan fingerprint density at radius 2 is 2.05 bits per heavy atom. The molecule has 0 radical (unpaired) electrons. The van der Waals surface area contributed by atoms with Crippen LogP contribution >= 0.6 is 0 Å². The molecule has 1 aromatic carbocycles. The molecule has 1 unspecified atom stereocenters. The van der Waals surface area contributed by atoms with Gasteiger partial charge in [0.15, 0.2) is 5.69 Å². The van der Waals surface area contributed by atoms with Crippen LogP contribution in [-0.2, 0) is 6.42 Å². The molecule has 1 aliphatic rings. The lowest BCUT2D eigenvalue weighted by Crippen LogP contribution is -2.22. The van der Waals surface area contributed by atoms with E-state index in [1.165, 1.54) is 18.2 Å². The summed E-state index contributed by atoms with van der Waals surface area (Å²) in [5, 5.41) is 9.01. The summed E-state index contributed by atoms with van der Waals surface area (Å²) < 4.78 is 12.9. The minimum absolute atomic E-state index is 0.0690. The number of nitrogens with zero attached hydrogens (tertiary/aromatic N) is 2. The van der Waals surface area contributed by atoms with Gasteiger partial charge >= 0.3 is 5.97 Å². The van der Waals surface area contributed by atoms with Crippen molar-refractivity contribution in [3.8, 4) is 0 Å². The van der Waals surface area contributed by atoms with Crippen LogP contribution in [0, 0.1) is 11.7 Å². The summed E-state index contributed by atoms with van der Waals surface area (Å²) in [7, 11) is 0. The Kier molecular flexibility index (Phi) is 4.04. The largest absolute Gasteiger partial charge is 0.477 e. The van der Waals surface area contributed by atoms with Gasteiger partial charge in [0.1, 0.15) is 11.6 Å². The van der Waals surface area contributed by atoms with Crippen molar-refractivity contribution in [2.75, 3.05) is 18.0 Å². The molecule has 5 heteroatoms. The second kappa shape index (κ2) is 6.13. The normalized spacial score (nSPS) is 17.7. The van der Waals surface area contributed by atoms with Crippen LogP contribution in [0.2, 0.25) is 0 Å². The lowest BCUT2D eigenvalue weighted by Gasteiger charge is -2.17. The fraction of sp³-hybridized carbons (Fsp3) is 0.294. The van der Waals surface area contributed by atoms with Crippen LogP contribution < -0.4 is 4.90 Å². The smallest absolute Gasteiger partial charge is 0.354 e. The number of aromatic nitrogens is 1. The summed E-state index contributed by atoms with van der Waals surface area (Å²) in [6.07, 6.45) is 1.92. The fourth-order valence-corrected chi connectivity index (χ4v) is 2.88. The number of hydrogen-bond acceptors (Lipinski definition) is 3. The summed E-state index contributed by atoms with van der Waals surface area (Å²) in [6.45, 7) is 1.70. The summed E-state index contributed by atoms with van der Waals surface area (Å²) in [4.78, 5) is 17.3. The van der Waals surface area contributed by atoms with Gasteiger partial charge in [-0.25, -0.2) is 14.2 Å². The number of benzene rings is 1. The molecule has 22 heavy (non-hydrogen) atoms. The van der Waals surface area contributed by atoms with E-state index >= 15 is 0 Å². The number of carbonyl (C=O) groups is 1. The first-order valence-corrected chi connectivity index (χ1v) is 7.31. The first-order valence-electron chi connectivity index (χ1n) is 7.31. The van der Waals surface area contributed by atoms with Gasteiger partial charge in [0, 0.05) is 13.1 Å². The third-order valence-corrected chi connectivity index (χ3v) is 4.00. The Labute approximate surface area is 128 Å². The van der Waals surface area contributed by atoms with Crippen molar-refractivity contribution in [3.05, 3.63) is 59.5 Å². The molecule has 1 saturated heterocycles. The zero-order chi connectivity index (χ0) is 15.5. The molecule has 1 aromatic heterocycles. The highest BCUT2D eigenvalue weighted by Crippen LogP contribution is 2.25. The molecule has 0 amide bonds. The fourth-order valence-electron chi connectivity index (χ4n) is 2.88. The third kappa shape index (κ3) is 3.24. The SMILES string of the molecule is O=C(O)c1cccc(N2CCC(Cc3ccc(F)cc3)C2)n1. The lowest BCUT2D eigenvalue weighted by molar-refractivity contribution is 0.0690. The van der Waals surface area contributed by atoms with Crippen molar-refractivity contribution in [1.29, 1.82) is 0 Å². The van der Waals surface area contributed by atoms with Crippen LogP contribution in [0.3, 0.4) is 0 Å². The molecule has 1 fully saturated rings. The average molecular weight is 300 g/mol. The highest BCUT2D eigenvalue weighted by Gasteiger charge is 2.24. The van der Waals surface area contributed by atoms with E-state index in [9.17, 15) is 9.18 Å². The van der Waals surface area contributed by atoms with E-state index in [2.05, 4.69) is 9.88 Å². The van der Waals surface area contributed by atoms with Crippen LogP contribution in [0.4, 0.5) is 10.2 Å². The quantitative estimate of drug-likeness (QED) is 0.943. The van der Waals surface area contributed by atoms with Gasteiger partial charge in [-0.15, -0.1) is 0 Å². The van der Waals surface area contributed by atoms with Crippen molar-refractivity contribution in [1.82, 2.24) is 4.98 Å². The molecule has 3 rings (SSSR count). The predicted octanol–water partition coefficient (Wildman–Crippen LogP) is 2.99. The van der Waals surface area contributed by atoms with Crippen molar-refractivity contribution >= 4 is 11.8 Å². The molecular weight excluding hydrogens is 283 g/mol. The van der Waals surface area contributed by atoms with Gasteiger partial charge < -0.3 is 10.0 Å². The van der Waals surface area contributed by atoms with Crippen LogP contribution in [-0.4, -0.2) is 29.1 Å². The molecule has 0 spiro atoms. The molecule has 0 aliphatic carbocycles. The number of carboxylic acids is 1. The van der Waals surface area contributed by atoms with E-state index in [0.717, 1.165) is 31.5 Å². The van der Waals surface area contributed by atoms with Gasteiger partial charge in [-0.05, 0) is 48.6 Å². The maximum Gasteiger partial charge on any atom is 0.354 e. The number of carboxylic acid groups (broad SMARTS) is 1. The number of halogens is 1. The molecule has 1 aliphatic heterocycles. The van der Waals surface area contributed by atoms with E-state index in [1.807, 2.05) is 18.2 Å². The Bertz CT molecular complexity index is 673. The van der Waals surface area contributed by atoms with Gasteiger partial charge in [0.25, 0.3) is 0 Å². The van der Waals surface area contributed by atoms with E-state index in [-0.39, 0.29) is 11.5 Å². The number of hydrogen-bond donors (Lipinski definition) is 1. The third-order valence-electron chi connectivity index (χ3n) is 4.00. The number of anilines is 1. The van der Waals surface area contributed by atoms with Gasteiger partial charge in [0.05, 0.1) is 0 Å². The number of pyridine rings is 1. The molecule has 2 aromatic rings. The van der Waals surface area contributed by atoms with Crippen LogP contribution in [0.5, 0.6) is 0 Å². The minimum Gasteiger partial charge on any atom is -0.477 e. The number of rotatable bonds is 4. The molecular formula is C17H17FN2O2. The summed E-state index contributed by atoms with van der Waals surface area (Å²) in [5.74, 6) is -0.0438. The molecule has 2 heterocycles. The molecule has 1 N–H and O–H groups in total. The Balaban J connectivity index is 1.65. The average Bonchev–Trinajstić information content (AvgIpc) is 2.98. The highest BCUT2D eigenvalue weighted by atomic mass is 19.1. The predicted molar refractivity (Wildman–Crippen MR) is 81.6 cm³/mol. The van der Waals surface area contributed by atoms with Crippen molar-refractivity contribution < 1.29 is 14.3 Å². The standard InChI is InChI=1S/C17H17FN2O2/c18-14-6-4-12(5-7-14)10-13-8-9-20(11-13)16-3-1-2-15(19-16)17(21)22/h1-7,13H,8-11H2,(H,21,22). The Morgan fingerprint density at radius 3 is 2.77 bits per heavy atom. The maximum atomic E-state index is 12.9. The van der Waals surface area contributed by atoms with Crippen molar-refractivity contribution in [2.45, 2.75) is 12.8 Å². The van der Waals surface area contributed by atoms with E-state index in [1.54, 1.807) is 6.07 Å². The van der Waals surface area contributed by atoms with E-state index in [0.29, 0.717) is 11.7 Å². The molecule has 1 atom stereocenters. The first-order chi connectivity index (χ1) is 10.6. The van der Waals surface area contributed by atoms with E-state index < -0.39 is 5.97 Å². The number of aromatic carboxylic acids is 1. The second-order valence-electron chi connectivity index (χ2n) is 5.62. The minimum atomic E-state index is -1.01. The molecule has 4 nitrogen and oxygen atoms in total. The molecule has 114 valence electrons. The van der Waals surface area contributed by atoms with Gasteiger partial charge in [-0.1, -0.05) is 18.2 Å². The highest BCUT2D eigenvalue weighted by molar-refractivity contribution is 5.85. The second-order valence-corrected chi connectivity index (χ2v) is 5.62. The Morgan fingerprint density at radius 1 is 1.27 bits per heavy atom. The Hall–Kier alpha value is -2.43.